The number of benzene rings is 2. The molecular weight excluding hydrogens is 264 g/mol. The second-order valence-electron chi connectivity index (χ2n) is 4.76. The Balaban J connectivity index is 2.12. The van der Waals surface area contributed by atoms with E-state index in [9.17, 15) is 4.79 Å². The van der Waals surface area contributed by atoms with Crippen molar-refractivity contribution in [3.63, 3.8) is 0 Å². The molecule has 1 amide bonds. The number of carbonyl (C=O) groups excluding carboxylic acids is 1. The minimum absolute atomic E-state index is 0.0493. The van der Waals surface area contributed by atoms with Crippen molar-refractivity contribution in [2.45, 2.75) is 13.3 Å². The van der Waals surface area contributed by atoms with E-state index in [-0.39, 0.29) is 5.91 Å². The molecule has 0 unspecified atom stereocenters. The summed E-state index contributed by atoms with van der Waals surface area (Å²) in [5.74, 6) is 0.836. The van der Waals surface area contributed by atoms with E-state index in [1.807, 2.05) is 55.5 Å². The first kappa shape index (κ1) is 14.9. The molecule has 0 spiro atoms. The van der Waals surface area contributed by atoms with E-state index in [1.165, 1.54) is 0 Å². The number of nitrogen functional groups attached to an aromatic ring is 1. The van der Waals surface area contributed by atoms with Gasteiger partial charge in [-0.2, -0.15) is 0 Å². The monoisotopic (exact) mass is 284 g/mol. The van der Waals surface area contributed by atoms with Crippen LogP contribution in [0.25, 0.3) is 0 Å². The van der Waals surface area contributed by atoms with Crippen LogP contribution in [0.1, 0.15) is 12.5 Å². The molecule has 2 aromatic rings. The number of methoxy groups -OCH3 is 1. The maximum Gasteiger partial charge on any atom is 0.231 e. The molecule has 0 fully saturated rings. The van der Waals surface area contributed by atoms with Crippen LogP contribution < -0.4 is 15.4 Å². The molecular formula is C17H20N2O2. The number of nitrogens with two attached hydrogens (primary N) is 1. The third-order valence-electron chi connectivity index (χ3n) is 3.31. The number of anilines is 2. The highest BCUT2D eigenvalue weighted by Gasteiger charge is 2.14. The van der Waals surface area contributed by atoms with Gasteiger partial charge >= 0.3 is 0 Å². The van der Waals surface area contributed by atoms with Gasteiger partial charge in [-0.25, -0.2) is 0 Å². The van der Waals surface area contributed by atoms with Crippen molar-refractivity contribution >= 4 is 17.3 Å². The maximum atomic E-state index is 12.5. The molecule has 0 heterocycles. The average molecular weight is 284 g/mol. The Hall–Kier alpha value is -2.49. The molecule has 0 radical (unpaired) electrons. The third-order valence-corrected chi connectivity index (χ3v) is 3.31. The molecule has 0 aromatic heterocycles. The van der Waals surface area contributed by atoms with Crippen molar-refractivity contribution in [1.29, 1.82) is 0 Å². The maximum absolute atomic E-state index is 12.5. The largest absolute Gasteiger partial charge is 0.497 e. The first-order valence-electron chi connectivity index (χ1n) is 6.93. The first-order valence-corrected chi connectivity index (χ1v) is 6.93. The van der Waals surface area contributed by atoms with Crippen molar-refractivity contribution in [1.82, 2.24) is 0 Å². The van der Waals surface area contributed by atoms with Crippen molar-refractivity contribution < 1.29 is 9.53 Å². The van der Waals surface area contributed by atoms with Crippen LogP contribution in [-0.4, -0.2) is 19.6 Å². The van der Waals surface area contributed by atoms with Gasteiger partial charge in [0.15, 0.2) is 0 Å². The highest BCUT2D eigenvalue weighted by atomic mass is 16.5. The number of rotatable bonds is 5. The average Bonchev–Trinajstić information content (AvgIpc) is 2.49. The number of hydrogen-bond acceptors (Lipinski definition) is 3. The summed E-state index contributed by atoms with van der Waals surface area (Å²) in [6, 6.07) is 14.9. The Labute approximate surface area is 125 Å². The van der Waals surface area contributed by atoms with Gasteiger partial charge in [-0.15, -0.1) is 0 Å². The first-order chi connectivity index (χ1) is 10.1. The summed E-state index contributed by atoms with van der Waals surface area (Å²) in [4.78, 5) is 14.2. The molecule has 0 saturated heterocycles. The third kappa shape index (κ3) is 3.75. The van der Waals surface area contributed by atoms with Gasteiger partial charge in [0, 0.05) is 17.9 Å². The lowest BCUT2D eigenvalue weighted by atomic mass is 10.1. The Morgan fingerprint density at radius 1 is 1.19 bits per heavy atom. The van der Waals surface area contributed by atoms with E-state index >= 15 is 0 Å². The zero-order valence-corrected chi connectivity index (χ0v) is 12.4. The normalized spacial score (nSPS) is 10.2. The number of hydrogen-bond donors (Lipinski definition) is 1. The molecule has 4 nitrogen and oxygen atoms in total. The fourth-order valence-corrected chi connectivity index (χ4v) is 2.21. The fourth-order valence-electron chi connectivity index (χ4n) is 2.21. The molecule has 0 bridgehead atoms. The topological polar surface area (TPSA) is 55.6 Å². The van der Waals surface area contributed by atoms with Gasteiger partial charge in [0.2, 0.25) is 5.91 Å². The number of carbonyl (C=O) groups is 1. The van der Waals surface area contributed by atoms with Gasteiger partial charge < -0.3 is 15.4 Å². The summed E-state index contributed by atoms with van der Waals surface area (Å²) in [6.45, 7) is 2.56. The molecule has 4 heteroatoms. The van der Waals surface area contributed by atoms with Gasteiger partial charge in [-0.1, -0.05) is 18.2 Å². The molecule has 0 aliphatic rings. The van der Waals surface area contributed by atoms with Crippen LogP contribution in [0.3, 0.4) is 0 Å². The molecule has 2 rings (SSSR count). The minimum Gasteiger partial charge on any atom is -0.497 e. The molecule has 0 aliphatic carbocycles. The lowest BCUT2D eigenvalue weighted by molar-refractivity contribution is -0.117. The highest BCUT2D eigenvalue weighted by molar-refractivity contribution is 5.95. The van der Waals surface area contributed by atoms with E-state index in [0.29, 0.717) is 18.7 Å². The summed E-state index contributed by atoms with van der Waals surface area (Å²) >= 11 is 0. The fraction of sp³-hybridized carbons (Fsp3) is 0.235. The molecule has 0 atom stereocenters. The van der Waals surface area contributed by atoms with Crippen LogP contribution in [-0.2, 0) is 11.2 Å². The minimum atomic E-state index is 0.0493. The van der Waals surface area contributed by atoms with Crippen LogP contribution in [0.15, 0.2) is 48.5 Å². The second-order valence-corrected chi connectivity index (χ2v) is 4.76. The summed E-state index contributed by atoms with van der Waals surface area (Å²) in [6.07, 6.45) is 0.354. The molecule has 21 heavy (non-hydrogen) atoms. The summed E-state index contributed by atoms with van der Waals surface area (Å²) in [5, 5.41) is 0. The van der Waals surface area contributed by atoms with Gasteiger partial charge in [0.1, 0.15) is 5.75 Å². The summed E-state index contributed by atoms with van der Waals surface area (Å²) in [5.41, 5.74) is 8.23. The Morgan fingerprint density at radius 3 is 2.48 bits per heavy atom. The predicted octanol–water partition coefficient (Wildman–Crippen LogP) is 2.87. The van der Waals surface area contributed by atoms with Gasteiger partial charge in [-0.05, 0) is 42.8 Å². The lowest BCUT2D eigenvalue weighted by Crippen LogP contribution is -2.32. The van der Waals surface area contributed by atoms with Crippen LogP contribution in [0.5, 0.6) is 5.75 Å². The molecule has 2 aromatic carbocycles. The van der Waals surface area contributed by atoms with Crippen molar-refractivity contribution in [3.8, 4) is 5.75 Å². The smallest absolute Gasteiger partial charge is 0.231 e. The Morgan fingerprint density at radius 2 is 1.90 bits per heavy atom. The number of amides is 1. The van der Waals surface area contributed by atoms with E-state index < -0.39 is 0 Å². The van der Waals surface area contributed by atoms with Crippen molar-refractivity contribution in [2.24, 2.45) is 0 Å². The quantitative estimate of drug-likeness (QED) is 0.859. The highest BCUT2D eigenvalue weighted by Crippen LogP contribution is 2.19. The second kappa shape index (κ2) is 6.79. The van der Waals surface area contributed by atoms with Crippen molar-refractivity contribution in [2.75, 3.05) is 24.3 Å². The van der Waals surface area contributed by atoms with Gasteiger partial charge in [0.05, 0.1) is 13.5 Å². The van der Waals surface area contributed by atoms with Crippen LogP contribution in [0, 0.1) is 0 Å². The van der Waals surface area contributed by atoms with Crippen molar-refractivity contribution in [3.05, 3.63) is 54.1 Å². The van der Waals surface area contributed by atoms with Gasteiger partial charge in [0.25, 0.3) is 0 Å². The molecule has 2 N–H and O–H groups in total. The molecule has 110 valence electrons. The number of ether oxygens (including phenoxy) is 1. The summed E-state index contributed by atoms with van der Waals surface area (Å²) < 4.78 is 5.12. The Bertz CT molecular complexity index is 608. The van der Waals surface area contributed by atoms with E-state index in [0.717, 1.165) is 17.0 Å². The zero-order valence-electron chi connectivity index (χ0n) is 12.4. The SMILES string of the molecule is CCN(C(=O)Cc1ccc(OC)cc1)c1cccc(N)c1. The van der Waals surface area contributed by atoms with E-state index in [2.05, 4.69) is 0 Å². The number of nitrogens with zero attached hydrogens (tertiary/aromatic N) is 1. The van der Waals surface area contributed by atoms with Crippen LogP contribution >= 0.6 is 0 Å². The summed E-state index contributed by atoms with van der Waals surface area (Å²) in [7, 11) is 1.62. The predicted molar refractivity (Wildman–Crippen MR) is 85.6 cm³/mol. The lowest BCUT2D eigenvalue weighted by Gasteiger charge is -2.21. The van der Waals surface area contributed by atoms with Crippen LogP contribution in [0.2, 0.25) is 0 Å². The van der Waals surface area contributed by atoms with Crippen LogP contribution in [0.4, 0.5) is 11.4 Å². The molecule has 0 aliphatic heterocycles. The zero-order chi connectivity index (χ0) is 15.2. The number of likely N-dealkylation sites (N-methyl/N-ethyl adjacent to an activating group) is 1. The molecule has 0 saturated carbocycles. The Kier molecular flexibility index (Phi) is 4.82. The van der Waals surface area contributed by atoms with E-state index in [1.54, 1.807) is 12.0 Å². The standard InChI is InChI=1S/C17H20N2O2/c1-3-19(15-6-4-5-14(18)12-15)17(20)11-13-7-9-16(21-2)10-8-13/h4-10,12H,3,11,18H2,1-2H3. The van der Waals surface area contributed by atoms with E-state index in [4.69, 9.17) is 10.5 Å². The van der Waals surface area contributed by atoms with Gasteiger partial charge in [-0.3, -0.25) is 4.79 Å².